The first-order valence-corrected chi connectivity index (χ1v) is 7.58. The predicted octanol–water partition coefficient (Wildman–Crippen LogP) is 3.16. The number of methoxy groups -OCH3 is 1. The van der Waals surface area contributed by atoms with Gasteiger partial charge in [-0.3, -0.25) is 0 Å². The second-order valence-electron chi connectivity index (χ2n) is 5.92. The van der Waals surface area contributed by atoms with Crippen LogP contribution in [0.25, 0.3) is 5.76 Å². The van der Waals surface area contributed by atoms with Crippen molar-refractivity contribution in [2.45, 2.75) is 39.7 Å². The van der Waals surface area contributed by atoms with Crippen LogP contribution in [0.15, 0.2) is 18.8 Å². The molecule has 0 spiro atoms. The Kier molecular flexibility index (Phi) is 6.88. The van der Waals surface area contributed by atoms with Gasteiger partial charge in [0, 0.05) is 24.4 Å². The fourth-order valence-electron chi connectivity index (χ4n) is 1.91. The third-order valence-corrected chi connectivity index (χ3v) is 2.86. The molecule has 0 atom stereocenters. The largest absolute Gasteiger partial charge is 0.494 e. The molecule has 6 nitrogen and oxygen atoms in total. The summed E-state index contributed by atoms with van der Waals surface area (Å²) < 4.78 is 15.8. The lowest BCUT2D eigenvalue weighted by atomic mass is 10.1. The molecule has 0 aromatic carbocycles. The van der Waals surface area contributed by atoms with Gasteiger partial charge in [0.25, 0.3) is 0 Å². The van der Waals surface area contributed by atoms with Crippen LogP contribution in [0.1, 0.15) is 38.8 Å². The quantitative estimate of drug-likeness (QED) is 0.781. The highest BCUT2D eigenvalue weighted by Crippen LogP contribution is 2.22. The molecule has 1 heterocycles. The number of nitrogens with zero attached hydrogens (tertiary/aromatic N) is 1. The van der Waals surface area contributed by atoms with E-state index in [9.17, 15) is 4.79 Å². The zero-order valence-corrected chi connectivity index (χ0v) is 14.6. The van der Waals surface area contributed by atoms with E-state index in [1.165, 1.54) is 0 Å². The van der Waals surface area contributed by atoms with Gasteiger partial charge in [0.2, 0.25) is 5.88 Å². The summed E-state index contributed by atoms with van der Waals surface area (Å²) in [5.74, 6) is 1.06. The van der Waals surface area contributed by atoms with Crippen LogP contribution in [0.5, 0.6) is 5.88 Å². The smallest absolute Gasteiger partial charge is 0.407 e. The number of rotatable bonds is 7. The maximum Gasteiger partial charge on any atom is 0.407 e. The zero-order chi connectivity index (χ0) is 17.5. The lowest BCUT2D eigenvalue weighted by molar-refractivity contribution is 0.0528. The standard InChI is InChI=1S/C17H26N2O4/c1-7-22-12(2)14-11-19-15(21-6)10-13(14)8-9-18-16(20)23-17(3,4)5/h10-11H,2,7-9H2,1,3-6H3,(H,18,20). The number of hydrogen-bond acceptors (Lipinski definition) is 5. The van der Waals surface area contributed by atoms with E-state index in [-0.39, 0.29) is 0 Å². The molecule has 0 saturated heterocycles. The Balaban J connectivity index is 2.73. The fourth-order valence-corrected chi connectivity index (χ4v) is 1.91. The van der Waals surface area contributed by atoms with E-state index >= 15 is 0 Å². The van der Waals surface area contributed by atoms with E-state index in [2.05, 4.69) is 16.9 Å². The maximum absolute atomic E-state index is 11.7. The molecule has 0 aliphatic carbocycles. The molecule has 0 aliphatic heterocycles. The molecule has 1 rings (SSSR count). The van der Waals surface area contributed by atoms with E-state index in [4.69, 9.17) is 14.2 Å². The van der Waals surface area contributed by atoms with Crippen molar-refractivity contribution >= 4 is 11.9 Å². The van der Waals surface area contributed by atoms with Crippen molar-refractivity contribution in [2.24, 2.45) is 0 Å². The monoisotopic (exact) mass is 322 g/mol. The second-order valence-corrected chi connectivity index (χ2v) is 5.92. The number of alkyl carbamates (subject to hydrolysis) is 1. The number of carbonyl (C=O) groups is 1. The van der Waals surface area contributed by atoms with Crippen LogP contribution < -0.4 is 10.1 Å². The first-order chi connectivity index (χ1) is 10.8. The van der Waals surface area contributed by atoms with E-state index in [1.54, 1.807) is 13.3 Å². The Bertz CT molecular complexity index is 550. The molecule has 0 unspecified atom stereocenters. The summed E-state index contributed by atoms with van der Waals surface area (Å²) in [6.45, 7) is 12.2. The fraction of sp³-hybridized carbons (Fsp3) is 0.529. The SMILES string of the molecule is C=C(OCC)c1cnc(OC)cc1CCNC(=O)OC(C)(C)C. The van der Waals surface area contributed by atoms with Gasteiger partial charge in [0.15, 0.2) is 0 Å². The van der Waals surface area contributed by atoms with Crippen molar-refractivity contribution < 1.29 is 19.0 Å². The van der Waals surface area contributed by atoms with E-state index < -0.39 is 11.7 Å². The van der Waals surface area contributed by atoms with E-state index in [1.807, 2.05) is 33.8 Å². The Morgan fingerprint density at radius 2 is 2.09 bits per heavy atom. The summed E-state index contributed by atoms with van der Waals surface area (Å²) in [7, 11) is 1.56. The van der Waals surface area contributed by atoms with Crippen LogP contribution in [0, 0.1) is 0 Å². The number of pyridine rings is 1. The normalized spacial score (nSPS) is 10.8. The van der Waals surface area contributed by atoms with Crippen molar-refractivity contribution in [3.05, 3.63) is 30.0 Å². The summed E-state index contributed by atoms with van der Waals surface area (Å²) in [6.07, 6.45) is 1.81. The number of carbonyl (C=O) groups excluding carboxylic acids is 1. The van der Waals surface area contributed by atoms with Gasteiger partial charge in [0.1, 0.15) is 11.4 Å². The topological polar surface area (TPSA) is 69.7 Å². The molecule has 1 amide bonds. The summed E-state index contributed by atoms with van der Waals surface area (Å²) in [6, 6.07) is 1.82. The van der Waals surface area contributed by atoms with Crippen LogP contribution in [-0.4, -0.2) is 36.9 Å². The van der Waals surface area contributed by atoms with Crippen LogP contribution in [-0.2, 0) is 15.9 Å². The molecule has 0 aliphatic rings. The van der Waals surface area contributed by atoms with Crippen molar-refractivity contribution in [3.63, 3.8) is 0 Å². The first kappa shape index (κ1) is 18.8. The number of aromatic nitrogens is 1. The third kappa shape index (κ3) is 6.59. The molecule has 0 radical (unpaired) electrons. The van der Waals surface area contributed by atoms with Gasteiger partial charge < -0.3 is 19.5 Å². The summed E-state index contributed by atoms with van der Waals surface area (Å²) in [5, 5.41) is 2.73. The zero-order valence-electron chi connectivity index (χ0n) is 14.6. The molecular weight excluding hydrogens is 296 g/mol. The second kappa shape index (κ2) is 8.41. The minimum absolute atomic E-state index is 0.425. The van der Waals surface area contributed by atoms with Crippen molar-refractivity contribution in [1.82, 2.24) is 10.3 Å². The summed E-state index contributed by atoms with van der Waals surface area (Å²) >= 11 is 0. The Morgan fingerprint density at radius 1 is 1.39 bits per heavy atom. The molecule has 1 N–H and O–H groups in total. The van der Waals surface area contributed by atoms with Crippen molar-refractivity contribution in [3.8, 4) is 5.88 Å². The number of nitrogens with one attached hydrogen (secondary N) is 1. The van der Waals surface area contributed by atoms with Crippen LogP contribution in [0.2, 0.25) is 0 Å². The average molecular weight is 322 g/mol. The molecule has 0 fully saturated rings. The highest BCUT2D eigenvalue weighted by atomic mass is 16.6. The van der Waals surface area contributed by atoms with Gasteiger partial charge in [-0.2, -0.15) is 0 Å². The average Bonchev–Trinajstić information content (AvgIpc) is 2.45. The molecule has 128 valence electrons. The summed E-state index contributed by atoms with van der Waals surface area (Å²) in [4.78, 5) is 15.9. The lowest BCUT2D eigenvalue weighted by Gasteiger charge is -2.20. The number of ether oxygens (including phenoxy) is 3. The first-order valence-electron chi connectivity index (χ1n) is 7.58. The van der Waals surface area contributed by atoms with Crippen LogP contribution in [0.3, 0.4) is 0 Å². The molecular formula is C17H26N2O4. The molecule has 0 bridgehead atoms. The Morgan fingerprint density at radius 3 is 2.65 bits per heavy atom. The van der Waals surface area contributed by atoms with Gasteiger partial charge in [-0.05, 0) is 39.7 Å². The van der Waals surface area contributed by atoms with Gasteiger partial charge in [-0.25, -0.2) is 9.78 Å². The van der Waals surface area contributed by atoms with Crippen LogP contribution >= 0.6 is 0 Å². The molecule has 1 aromatic rings. The molecule has 6 heteroatoms. The minimum atomic E-state index is -0.515. The van der Waals surface area contributed by atoms with Crippen LogP contribution in [0.4, 0.5) is 4.79 Å². The maximum atomic E-state index is 11.7. The highest BCUT2D eigenvalue weighted by molar-refractivity contribution is 5.67. The third-order valence-electron chi connectivity index (χ3n) is 2.86. The van der Waals surface area contributed by atoms with Gasteiger partial charge in [-0.15, -0.1) is 0 Å². The highest BCUT2D eigenvalue weighted by Gasteiger charge is 2.16. The lowest BCUT2D eigenvalue weighted by Crippen LogP contribution is -2.33. The van der Waals surface area contributed by atoms with Crippen molar-refractivity contribution in [2.75, 3.05) is 20.3 Å². The van der Waals surface area contributed by atoms with Gasteiger partial charge >= 0.3 is 6.09 Å². The number of amides is 1. The number of hydrogen-bond donors (Lipinski definition) is 1. The Hall–Kier alpha value is -2.24. The molecule has 1 aromatic heterocycles. The predicted molar refractivity (Wildman–Crippen MR) is 89.4 cm³/mol. The van der Waals surface area contributed by atoms with Gasteiger partial charge in [0.05, 0.1) is 13.7 Å². The van der Waals surface area contributed by atoms with E-state index in [0.29, 0.717) is 31.2 Å². The Labute approximate surface area is 137 Å². The van der Waals surface area contributed by atoms with Crippen molar-refractivity contribution in [1.29, 1.82) is 0 Å². The molecule has 0 saturated carbocycles. The minimum Gasteiger partial charge on any atom is -0.494 e. The molecule has 23 heavy (non-hydrogen) atoms. The van der Waals surface area contributed by atoms with E-state index in [0.717, 1.165) is 11.1 Å². The summed E-state index contributed by atoms with van der Waals surface area (Å²) in [5.41, 5.74) is 1.23. The van der Waals surface area contributed by atoms with Gasteiger partial charge in [-0.1, -0.05) is 6.58 Å².